The summed E-state index contributed by atoms with van der Waals surface area (Å²) in [7, 11) is 0. The lowest BCUT2D eigenvalue weighted by atomic mass is 10.1. The SMILES string of the molecule is Cc1cc([N+](=O)[O-])c(C(N)=O)c(C(F)F)n1. The van der Waals surface area contributed by atoms with Gasteiger partial charge in [-0.3, -0.25) is 19.9 Å². The first-order chi connectivity index (χ1) is 7.34. The van der Waals surface area contributed by atoms with Crippen molar-refractivity contribution in [2.45, 2.75) is 13.3 Å². The molecule has 1 rings (SSSR count). The topological polar surface area (TPSA) is 99.1 Å². The number of rotatable bonds is 3. The highest BCUT2D eigenvalue weighted by atomic mass is 19.3. The van der Waals surface area contributed by atoms with E-state index in [4.69, 9.17) is 5.73 Å². The lowest BCUT2D eigenvalue weighted by Crippen LogP contribution is -2.18. The minimum absolute atomic E-state index is 0.0204. The predicted octanol–water partition coefficient (Wildman–Crippen LogP) is 1.33. The van der Waals surface area contributed by atoms with Gasteiger partial charge in [-0.2, -0.15) is 0 Å². The van der Waals surface area contributed by atoms with Crippen molar-refractivity contribution in [2.24, 2.45) is 5.73 Å². The van der Waals surface area contributed by atoms with E-state index in [0.29, 0.717) is 0 Å². The molecule has 0 aliphatic rings. The molecule has 16 heavy (non-hydrogen) atoms. The number of hydrogen-bond acceptors (Lipinski definition) is 4. The van der Waals surface area contributed by atoms with E-state index in [2.05, 4.69) is 4.98 Å². The maximum absolute atomic E-state index is 12.5. The average Bonchev–Trinajstić information content (AvgIpc) is 2.15. The minimum atomic E-state index is -3.10. The third kappa shape index (κ3) is 2.10. The van der Waals surface area contributed by atoms with E-state index in [1.54, 1.807) is 0 Å². The zero-order chi connectivity index (χ0) is 12.5. The van der Waals surface area contributed by atoms with Crippen molar-refractivity contribution >= 4 is 11.6 Å². The van der Waals surface area contributed by atoms with Gasteiger partial charge in [-0.1, -0.05) is 0 Å². The largest absolute Gasteiger partial charge is 0.365 e. The normalized spacial score (nSPS) is 10.5. The van der Waals surface area contributed by atoms with Crippen LogP contribution in [0.2, 0.25) is 0 Å². The Morgan fingerprint density at radius 2 is 2.19 bits per heavy atom. The fourth-order valence-electron chi connectivity index (χ4n) is 1.23. The van der Waals surface area contributed by atoms with Crippen LogP contribution in [0.15, 0.2) is 6.07 Å². The molecule has 0 radical (unpaired) electrons. The molecule has 0 aliphatic carbocycles. The van der Waals surface area contributed by atoms with Crippen molar-refractivity contribution in [3.63, 3.8) is 0 Å². The van der Waals surface area contributed by atoms with Crippen molar-refractivity contribution < 1.29 is 18.5 Å². The Hall–Kier alpha value is -2.12. The first-order valence-electron chi connectivity index (χ1n) is 4.08. The minimum Gasteiger partial charge on any atom is -0.365 e. The lowest BCUT2D eigenvalue weighted by Gasteiger charge is -2.06. The quantitative estimate of drug-likeness (QED) is 0.626. The molecule has 0 bridgehead atoms. The third-order valence-corrected chi connectivity index (χ3v) is 1.80. The van der Waals surface area contributed by atoms with Crippen LogP contribution >= 0.6 is 0 Å². The lowest BCUT2D eigenvalue weighted by molar-refractivity contribution is -0.385. The molecule has 0 saturated carbocycles. The molecule has 8 heteroatoms. The number of primary amides is 1. The van der Waals surface area contributed by atoms with Crippen LogP contribution in [0.3, 0.4) is 0 Å². The second kappa shape index (κ2) is 4.17. The molecule has 0 saturated heterocycles. The van der Waals surface area contributed by atoms with Crippen LogP contribution in [0.1, 0.15) is 28.2 Å². The number of carbonyl (C=O) groups excluding carboxylic acids is 1. The molecule has 0 aromatic carbocycles. The molecule has 1 aromatic rings. The van der Waals surface area contributed by atoms with Crippen LogP contribution in [-0.2, 0) is 0 Å². The molecule has 1 amide bonds. The summed E-state index contributed by atoms with van der Waals surface area (Å²) in [5, 5.41) is 10.6. The van der Waals surface area contributed by atoms with Crippen LogP contribution < -0.4 is 5.73 Å². The van der Waals surface area contributed by atoms with E-state index in [9.17, 15) is 23.7 Å². The van der Waals surface area contributed by atoms with Gasteiger partial charge in [0.25, 0.3) is 18.0 Å². The number of hydrogen-bond donors (Lipinski definition) is 1. The number of nitro groups is 1. The molecule has 0 spiro atoms. The number of aromatic nitrogens is 1. The maximum atomic E-state index is 12.5. The van der Waals surface area contributed by atoms with Gasteiger partial charge in [-0.25, -0.2) is 8.78 Å². The monoisotopic (exact) mass is 231 g/mol. The van der Waals surface area contributed by atoms with Crippen LogP contribution in [0, 0.1) is 17.0 Å². The first kappa shape index (κ1) is 12.0. The molecule has 1 heterocycles. The molecule has 0 aliphatic heterocycles. The Labute approximate surface area is 88.2 Å². The second-order valence-corrected chi connectivity index (χ2v) is 2.97. The Balaban J connectivity index is 3.60. The van der Waals surface area contributed by atoms with Crippen LogP contribution in [0.4, 0.5) is 14.5 Å². The summed E-state index contributed by atoms with van der Waals surface area (Å²) in [6, 6.07) is 0.923. The Kier molecular flexibility index (Phi) is 3.11. The number of carbonyl (C=O) groups is 1. The summed E-state index contributed by atoms with van der Waals surface area (Å²) in [6.45, 7) is 1.31. The fraction of sp³-hybridized carbons (Fsp3) is 0.250. The van der Waals surface area contributed by atoms with Gasteiger partial charge in [-0.05, 0) is 6.92 Å². The zero-order valence-electron chi connectivity index (χ0n) is 8.11. The molecular formula is C8H7F2N3O3. The van der Waals surface area contributed by atoms with Crippen LogP contribution in [0.5, 0.6) is 0 Å². The van der Waals surface area contributed by atoms with Crippen LogP contribution in [-0.4, -0.2) is 15.8 Å². The smallest absolute Gasteiger partial charge is 0.286 e. The van der Waals surface area contributed by atoms with Crippen molar-refractivity contribution in [1.82, 2.24) is 4.98 Å². The number of halogens is 2. The van der Waals surface area contributed by atoms with Crippen molar-refractivity contribution in [1.29, 1.82) is 0 Å². The Bertz CT molecular complexity index is 462. The highest BCUT2D eigenvalue weighted by molar-refractivity contribution is 5.98. The number of nitrogens with two attached hydrogens (primary N) is 1. The van der Waals surface area contributed by atoms with E-state index in [1.165, 1.54) is 6.92 Å². The van der Waals surface area contributed by atoms with Gasteiger partial charge in [0, 0.05) is 11.8 Å². The van der Waals surface area contributed by atoms with Crippen molar-refractivity contribution in [3.05, 3.63) is 33.1 Å². The van der Waals surface area contributed by atoms with E-state index >= 15 is 0 Å². The summed E-state index contributed by atoms with van der Waals surface area (Å²) < 4.78 is 25.0. The second-order valence-electron chi connectivity index (χ2n) is 2.97. The number of alkyl halides is 2. The first-order valence-corrected chi connectivity index (χ1v) is 4.08. The molecule has 2 N–H and O–H groups in total. The van der Waals surface area contributed by atoms with Gasteiger partial charge in [0.05, 0.1) is 4.92 Å². The number of aryl methyl sites for hydroxylation is 1. The van der Waals surface area contributed by atoms with E-state index in [0.717, 1.165) is 6.07 Å². The standard InChI is InChI=1S/C8H7F2N3O3/c1-3-2-4(13(15)16)5(8(11)14)6(12-3)7(9)10/h2,7H,1H3,(H2,11,14). The summed E-state index contributed by atoms with van der Waals surface area (Å²) in [6.07, 6.45) is -3.10. The Morgan fingerprint density at radius 3 is 2.56 bits per heavy atom. The van der Waals surface area contributed by atoms with Gasteiger partial charge in [0.2, 0.25) is 0 Å². The third-order valence-electron chi connectivity index (χ3n) is 1.80. The van der Waals surface area contributed by atoms with Crippen molar-refractivity contribution in [3.8, 4) is 0 Å². The molecule has 6 nitrogen and oxygen atoms in total. The molecule has 1 aromatic heterocycles. The van der Waals surface area contributed by atoms with Gasteiger partial charge in [-0.15, -0.1) is 0 Å². The van der Waals surface area contributed by atoms with E-state index in [-0.39, 0.29) is 5.69 Å². The number of nitrogens with zero attached hydrogens (tertiary/aromatic N) is 2. The molecule has 0 fully saturated rings. The summed E-state index contributed by atoms with van der Waals surface area (Å²) in [4.78, 5) is 23.9. The van der Waals surface area contributed by atoms with Crippen molar-refractivity contribution in [2.75, 3.05) is 0 Å². The highest BCUT2D eigenvalue weighted by Gasteiger charge is 2.28. The molecular weight excluding hydrogens is 224 g/mol. The maximum Gasteiger partial charge on any atom is 0.286 e. The van der Waals surface area contributed by atoms with E-state index in [1.807, 2.05) is 0 Å². The number of pyridine rings is 1. The summed E-state index contributed by atoms with van der Waals surface area (Å²) in [5.74, 6) is -1.30. The van der Waals surface area contributed by atoms with Crippen LogP contribution in [0.25, 0.3) is 0 Å². The molecule has 0 unspecified atom stereocenters. The van der Waals surface area contributed by atoms with E-state index < -0.39 is 34.2 Å². The highest BCUT2D eigenvalue weighted by Crippen LogP contribution is 2.28. The average molecular weight is 231 g/mol. The van der Waals surface area contributed by atoms with Gasteiger partial charge in [0.1, 0.15) is 11.3 Å². The van der Waals surface area contributed by atoms with Gasteiger partial charge in [0.15, 0.2) is 0 Å². The van der Waals surface area contributed by atoms with Gasteiger partial charge >= 0.3 is 0 Å². The molecule has 0 atom stereocenters. The number of amides is 1. The predicted molar refractivity (Wildman–Crippen MR) is 49.1 cm³/mol. The summed E-state index contributed by atoms with van der Waals surface area (Å²) in [5.41, 5.74) is 2.29. The fourth-order valence-corrected chi connectivity index (χ4v) is 1.23. The van der Waals surface area contributed by atoms with Gasteiger partial charge < -0.3 is 5.73 Å². The molecule has 86 valence electrons. The Morgan fingerprint density at radius 1 is 1.62 bits per heavy atom. The summed E-state index contributed by atoms with van der Waals surface area (Å²) >= 11 is 0. The zero-order valence-corrected chi connectivity index (χ0v) is 8.11.